The summed E-state index contributed by atoms with van der Waals surface area (Å²) in [5, 5.41) is 3.41. The van der Waals surface area contributed by atoms with Crippen molar-refractivity contribution in [2.45, 2.75) is 32.2 Å². The lowest BCUT2D eigenvalue weighted by molar-refractivity contribution is -0.118. The molecule has 0 fully saturated rings. The van der Waals surface area contributed by atoms with Gasteiger partial charge < -0.3 is 20.5 Å². The van der Waals surface area contributed by atoms with Gasteiger partial charge in [0.15, 0.2) is 0 Å². The van der Waals surface area contributed by atoms with Crippen LogP contribution in [0.25, 0.3) is 0 Å². The van der Waals surface area contributed by atoms with E-state index < -0.39 is 0 Å². The number of primary amides is 1. The Labute approximate surface area is 120 Å². The third-order valence-corrected chi connectivity index (χ3v) is 3.21. The van der Waals surface area contributed by atoms with Crippen molar-refractivity contribution in [2.75, 3.05) is 20.8 Å². The lowest BCUT2D eigenvalue weighted by Crippen LogP contribution is -2.21. The number of nitrogens with two attached hydrogens (primary N) is 1. The number of nitrogens with one attached hydrogen (secondary N) is 1. The molecule has 0 heterocycles. The van der Waals surface area contributed by atoms with Crippen LogP contribution in [0.4, 0.5) is 0 Å². The van der Waals surface area contributed by atoms with Gasteiger partial charge in [-0.25, -0.2) is 0 Å². The summed E-state index contributed by atoms with van der Waals surface area (Å²) in [7, 11) is 3.28. The SMILES string of the molecule is COc1ccc(C(C)NCCCCC(N)=O)c(OC)c1. The Balaban J connectivity index is 2.50. The quantitative estimate of drug-likeness (QED) is 0.679. The molecular weight excluding hydrogens is 256 g/mol. The Bertz CT molecular complexity index is 435. The van der Waals surface area contributed by atoms with Crippen molar-refractivity contribution in [3.8, 4) is 11.5 Å². The summed E-state index contributed by atoms with van der Waals surface area (Å²) < 4.78 is 10.6. The van der Waals surface area contributed by atoms with Crippen molar-refractivity contribution in [1.82, 2.24) is 5.32 Å². The lowest BCUT2D eigenvalue weighted by Gasteiger charge is -2.18. The molecule has 0 aliphatic rings. The molecular formula is C15H24N2O3. The molecule has 5 nitrogen and oxygen atoms in total. The van der Waals surface area contributed by atoms with Crippen LogP contribution >= 0.6 is 0 Å². The summed E-state index contributed by atoms with van der Waals surface area (Å²) >= 11 is 0. The van der Waals surface area contributed by atoms with Crippen LogP contribution in [0.5, 0.6) is 11.5 Å². The molecule has 1 atom stereocenters. The molecule has 0 saturated heterocycles. The highest BCUT2D eigenvalue weighted by atomic mass is 16.5. The van der Waals surface area contributed by atoms with Crippen molar-refractivity contribution in [3.63, 3.8) is 0 Å². The van der Waals surface area contributed by atoms with E-state index in [1.54, 1.807) is 14.2 Å². The number of amides is 1. The number of unbranched alkanes of at least 4 members (excludes halogenated alkanes) is 1. The number of rotatable bonds is 9. The van der Waals surface area contributed by atoms with Gasteiger partial charge in [-0.1, -0.05) is 6.07 Å². The zero-order chi connectivity index (χ0) is 15.0. The standard InChI is InChI=1S/C15H24N2O3/c1-11(17-9-5-4-6-15(16)18)13-8-7-12(19-2)10-14(13)20-3/h7-8,10-11,17H,4-6,9H2,1-3H3,(H2,16,18). The van der Waals surface area contributed by atoms with E-state index in [-0.39, 0.29) is 11.9 Å². The van der Waals surface area contributed by atoms with Gasteiger partial charge in [-0.2, -0.15) is 0 Å². The summed E-state index contributed by atoms with van der Waals surface area (Å²) in [5.74, 6) is 1.34. The fourth-order valence-corrected chi connectivity index (χ4v) is 2.03. The molecule has 112 valence electrons. The molecule has 1 aromatic rings. The number of hydrogen-bond donors (Lipinski definition) is 2. The van der Waals surface area contributed by atoms with E-state index in [0.717, 1.165) is 36.4 Å². The number of benzene rings is 1. The number of carbonyl (C=O) groups excluding carboxylic acids is 1. The molecule has 20 heavy (non-hydrogen) atoms. The second-order valence-electron chi connectivity index (χ2n) is 4.71. The van der Waals surface area contributed by atoms with Gasteiger partial charge in [0.1, 0.15) is 11.5 Å². The lowest BCUT2D eigenvalue weighted by atomic mass is 10.1. The Kier molecular flexibility index (Phi) is 6.87. The van der Waals surface area contributed by atoms with E-state index in [4.69, 9.17) is 15.2 Å². The van der Waals surface area contributed by atoms with E-state index in [0.29, 0.717) is 6.42 Å². The van der Waals surface area contributed by atoms with E-state index in [2.05, 4.69) is 12.2 Å². The predicted octanol–water partition coefficient (Wildman–Crippen LogP) is 2.01. The van der Waals surface area contributed by atoms with E-state index in [1.165, 1.54) is 0 Å². The molecule has 1 rings (SSSR count). The van der Waals surface area contributed by atoms with Gasteiger partial charge in [-0.15, -0.1) is 0 Å². The van der Waals surface area contributed by atoms with Gasteiger partial charge in [-0.05, 0) is 32.4 Å². The third-order valence-electron chi connectivity index (χ3n) is 3.21. The fourth-order valence-electron chi connectivity index (χ4n) is 2.03. The summed E-state index contributed by atoms with van der Waals surface area (Å²) in [6.45, 7) is 2.92. The monoisotopic (exact) mass is 280 g/mol. The second-order valence-corrected chi connectivity index (χ2v) is 4.71. The highest BCUT2D eigenvalue weighted by Crippen LogP contribution is 2.29. The summed E-state index contributed by atoms with van der Waals surface area (Å²) in [4.78, 5) is 10.6. The number of carbonyl (C=O) groups is 1. The average molecular weight is 280 g/mol. The molecule has 0 aromatic heterocycles. The van der Waals surface area contributed by atoms with E-state index in [9.17, 15) is 4.79 Å². The van der Waals surface area contributed by atoms with Crippen molar-refractivity contribution in [1.29, 1.82) is 0 Å². The van der Waals surface area contributed by atoms with Gasteiger partial charge in [0.05, 0.1) is 14.2 Å². The Morgan fingerprint density at radius 3 is 2.65 bits per heavy atom. The predicted molar refractivity (Wildman–Crippen MR) is 79.0 cm³/mol. The van der Waals surface area contributed by atoms with Gasteiger partial charge in [0.2, 0.25) is 5.91 Å². The zero-order valence-electron chi connectivity index (χ0n) is 12.4. The molecule has 3 N–H and O–H groups in total. The van der Waals surface area contributed by atoms with Crippen molar-refractivity contribution in [3.05, 3.63) is 23.8 Å². The van der Waals surface area contributed by atoms with E-state index in [1.807, 2.05) is 18.2 Å². The van der Waals surface area contributed by atoms with E-state index >= 15 is 0 Å². The van der Waals surface area contributed by atoms with Crippen molar-refractivity contribution < 1.29 is 14.3 Å². The summed E-state index contributed by atoms with van der Waals surface area (Å²) in [6.07, 6.45) is 2.18. The van der Waals surface area contributed by atoms with Crippen LogP contribution in [0.3, 0.4) is 0 Å². The molecule has 0 radical (unpaired) electrons. The topological polar surface area (TPSA) is 73.6 Å². The van der Waals surface area contributed by atoms with Gasteiger partial charge >= 0.3 is 0 Å². The van der Waals surface area contributed by atoms with Crippen molar-refractivity contribution in [2.24, 2.45) is 5.73 Å². The average Bonchev–Trinajstić information content (AvgIpc) is 2.45. The summed E-state index contributed by atoms with van der Waals surface area (Å²) in [5.41, 5.74) is 6.19. The maximum absolute atomic E-state index is 10.6. The highest BCUT2D eigenvalue weighted by molar-refractivity contribution is 5.73. The third kappa shape index (κ3) is 5.09. The molecule has 5 heteroatoms. The molecule has 0 spiro atoms. The molecule has 1 unspecified atom stereocenters. The Morgan fingerprint density at radius 2 is 2.05 bits per heavy atom. The van der Waals surface area contributed by atoms with Gasteiger partial charge in [-0.3, -0.25) is 4.79 Å². The van der Waals surface area contributed by atoms with Crippen LogP contribution in [0.2, 0.25) is 0 Å². The molecule has 0 aliphatic heterocycles. The second kappa shape index (κ2) is 8.43. The zero-order valence-corrected chi connectivity index (χ0v) is 12.4. The first kappa shape index (κ1) is 16.3. The minimum Gasteiger partial charge on any atom is -0.497 e. The number of hydrogen-bond acceptors (Lipinski definition) is 4. The maximum atomic E-state index is 10.6. The minimum absolute atomic E-state index is 0.171. The first-order chi connectivity index (χ1) is 9.58. The van der Waals surface area contributed by atoms with Crippen LogP contribution in [0.15, 0.2) is 18.2 Å². The normalized spacial score (nSPS) is 11.9. The Morgan fingerprint density at radius 1 is 1.30 bits per heavy atom. The van der Waals surface area contributed by atoms with Crippen molar-refractivity contribution >= 4 is 5.91 Å². The Hall–Kier alpha value is -1.75. The molecule has 1 aromatic carbocycles. The van der Waals surface area contributed by atoms with Crippen LogP contribution in [-0.2, 0) is 4.79 Å². The highest BCUT2D eigenvalue weighted by Gasteiger charge is 2.11. The van der Waals surface area contributed by atoms with Gasteiger partial charge in [0, 0.05) is 24.1 Å². The number of methoxy groups -OCH3 is 2. The van der Waals surface area contributed by atoms with Crippen LogP contribution in [-0.4, -0.2) is 26.7 Å². The molecule has 0 saturated carbocycles. The molecule has 0 aliphatic carbocycles. The molecule has 0 bridgehead atoms. The van der Waals surface area contributed by atoms with Crippen LogP contribution in [0, 0.1) is 0 Å². The first-order valence-electron chi connectivity index (χ1n) is 6.82. The minimum atomic E-state index is -0.241. The molecule has 1 amide bonds. The largest absolute Gasteiger partial charge is 0.497 e. The van der Waals surface area contributed by atoms with Crippen LogP contribution < -0.4 is 20.5 Å². The smallest absolute Gasteiger partial charge is 0.217 e. The summed E-state index contributed by atoms with van der Waals surface area (Å²) in [6, 6.07) is 5.96. The van der Waals surface area contributed by atoms with Gasteiger partial charge in [0.25, 0.3) is 0 Å². The first-order valence-corrected chi connectivity index (χ1v) is 6.82. The number of ether oxygens (including phenoxy) is 2. The van der Waals surface area contributed by atoms with Crippen LogP contribution in [0.1, 0.15) is 37.8 Å². The maximum Gasteiger partial charge on any atom is 0.217 e. The fraction of sp³-hybridized carbons (Fsp3) is 0.533.